The molecule has 4 nitrogen and oxygen atoms in total. The Morgan fingerprint density at radius 3 is 2.27 bits per heavy atom. The summed E-state index contributed by atoms with van der Waals surface area (Å²) in [6, 6.07) is -1.16. The molecule has 1 unspecified atom stereocenters. The molecule has 0 aliphatic rings. The normalized spacial score (nSPS) is 16.5. The Morgan fingerprint density at radius 1 is 1.55 bits per heavy atom. The number of carboxylic acid groups (broad SMARTS) is 1. The Morgan fingerprint density at radius 2 is 2.00 bits per heavy atom. The lowest BCUT2D eigenvalue weighted by atomic mass is 10.0. The summed E-state index contributed by atoms with van der Waals surface area (Å²) in [6.45, 7) is 3.80. The van der Waals surface area contributed by atoms with Crippen LogP contribution in [0.3, 0.4) is 0 Å². The molecule has 0 amide bonds. The van der Waals surface area contributed by atoms with Crippen molar-refractivity contribution in [1.82, 2.24) is 0 Å². The minimum absolute atomic E-state index is 0.260. The van der Waals surface area contributed by atoms with Gasteiger partial charge in [0, 0.05) is 0 Å². The monoisotopic (exact) mass is 161 g/mol. The molecule has 0 rings (SSSR count). The molecule has 0 aliphatic carbocycles. The smallest absolute Gasteiger partial charge is 0.323 e. The van der Waals surface area contributed by atoms with Gasteiger partial charge in [0.1, 0.15) is 6.04 Å². The molecule has 66 valence electrons. The summed E-state index contributed by atoms with van der Waals surface area (Å²) < 4.78 is 0. The number of aliphatic carboxylic acids is 1. The molecule has 0 fully saturated rings. The van der Waals surface area contributed by atoms with Crippen LogP contribution in [0.5, 0.6) is 0 Å². The molecular formula is C7H15NO3. The Labute approximate surface area is 66.0 Å². The van der Waals surface area contributed by atoms with Crippen LogP contribution in [-0.2, 0) is 4.79 Å². The zero-order valence-corrected chi connectivity index (χ0v) is 6.82. The zero-order chi connectivity index (χ0) is 9.02. The molecule has 0 spiro atoms. The summed E-state index contributed by atoms with van der Waals surface area (Å²) in [5, 5.41) is 17.5. The third-order valence-corrected chi connectivity index (χ3v) is 1.41. The van der Waals surface area contributed by atoms with Gasteiger partial charge in [-0.25, -0.2) is 0 Å². The summed E-state index contributed by atoms with van der Waals surface area (Å²) >= 11 is 0. The second-order valence-corrected chi connectivity index (χ2v) is 3.06. The largest absolute Gasteiger partial charge is 0.480 e. The fraction of sp³-hybridized carbons (Fsp3) is 0.857. The highest BCUT2D eigenvalue weighted by Gasteiger charge is 2.22. The summed E-state index contributed by atoms with van der Waals surface area (Å²) in [4.78, 5) is 10.2. The second-order valence-electron chi connectivity index (χ2n) is 3.06. The van der Waals surface area contributed by atoms with Crippen molar-refractivity contribution in [2.75, 3.05) is 0 Å². The number of carboxylic acids is 1. The van der Waals surface area contributed by atoms with Crippen molar-refractivity contribution >= 4 is 5.97 Å². The summed E-state index contributed by atoms with van der Waals surface area (Å²) in [5.41, 5.74) is 5.16. The number of hydrogen-bond acceptors (Lipinski definition) is 3. The second kappa shape index (κ2) is 4.31. The van der Waals surface area contributed by atoms with Crippen LogP contribution in [0.15, 0.2) is 0 Å². The van der Waals surface area contributed by atoms with Crippen molar-refractivity contribution < 1.29 is 15.0 Å². The average molecular weight is 161 g/mol. The molecular weight excluding hydrogens is 146 g/mol. The predicted octanol–water partition coefficient (Wildman–Crippen LogP) is -0.195. The van der Waals surface area contributed by atoms with Gasteiger partial charge in [0.25, 0.3) is 0 Å². The Bertz CT molecular complexity index is 136. The van der Waals surface area contributed by atoms with Gasteiger partial charge in [-0.1, -0.05) is 13.8 Å². The van der Waals surface area contributed by atoms with Gasteiger partial charge in [0.2, 0.25) is 0 Å². The molecule has 4 heteroatoms. The van der Waals surface area contributed by atoms with Crippen LogP contribution in [0.25, 0.3) is 0 Å². The maximum Gasteiger partial charge on any atom is 0.323 e. The molecule has 0 aromatic carbocycles. The minimum Gasteiger partial charge on any atom is -0.480 e. The maximum atomic E-state index is 10.2. The molecule has 0 saturated carbocycles. The topological polar surface area (TPSA) is 83.5 Å². The van der Waals surface area contributed by atoms with Crippen molar-refractivity contribution in [2.24, 2.45) is 11.7 Å². The first-order valence-electron chi connectivity index (χ1n) is 3.61. The maximum absolute atomic E-state index is 10.2. The molecule has 2 atom stereocenters. The Kier molecular flexibility index (Phi) is 4.07. The molecule has 4 N–H and O–H groups in total. The van der Waals surface area contributed by atoms with Crippen molar-refractivity contribution in [1.29, 1.82) is 0 Å². The predicted molar refractivity (Wildman–Crippen MR) is 41.1 cm³/mol. The average Bonchev–Trinajstić information content (AvgIpc) is 1.84. The number of carbonyl (C=O) groups is 1. The Balaban J connectivity index is 3.82. The molecule has 0 heterocycles. The fourth-order valence-electron chi connectivity index (χ4n) is 0.794. The van der Waals surface area contributed by atoms with Gasteiger partial charge in [0.05, 0.1) is 6.10 Å². The SMILES string of the molecule is CC(C)CC(O)[C@@H](N)C(=O)O. The summed E-state index contributed by atoms with van der Waals surface area (Å²) in [5.74, 6) is -0.895. The lowest BCUT2D eigenvalue weighted by molar-refractivity contribution is -0.141. The minimum atomic E-state index is -1.16. The first-order valence-corrected chi connectivity index (χ1v) is 3.61. The van der Waals surface area contributed by atoms with Gasteiger partial charge in [-0.15, -0.1) is 0 Å². The van der Waals surface area contributed by atoms with Crippen molar-refractivity contribution in [2.45, 2.75) is 32.4 Å². The van der Waals surface area contributed by atoms with E-state index in [0.717, 1.165) is 0 Å². The third-order valence-electron chi connectivity index (χ3n) is 1.41. The molecule has 0 aromatic rings. The van der Waals surface area contributed by atoms with Gasteiger partial charge in [-0.05, 0) is 12.3 Å². The summed E-state index contributed by atoms with van der Waals surface area (Å²) in [7, 11) is 0. The van der Waals surface area contributed by atoms with Gasteiger partial charge in [-0.3, -0.25) is 4.79 Å². The molecule has 0 aromatic heterocycles. The highest BCUT2D eigenvalue weighted by atomic mass is 16.4. The van der Waals surface area contributed by atoms with Crippen LogP contribution in [0, 0.1) is 5.92 Å². The van der Waals surface area contributed by atoms with Gasteiger partial charge < -0.3 is 15.9 Å². The highest BCUT2D eigenvalue weighted by Crippen LogP contribution is 2.06. The van der Waals surface area contributed by atoms with E-state index in [2.05, 4.69) is 0 Å². The first-order chi connectivity index (χ1) is 4.95. The molecule has 0 saturated heterocycles. The van der Waals surface area contributed by atoms with Crippen molar-refractivity contribution in [3.05, 3.63) is 0 Å². The molecule has 0 radical (unpaired) electrons. The lowest BCUT2D eigenvalue weighted by Crippen LogP contribution is -2.42. The van der Waals surface area contributed by atoms with E-state index in [4.69, 9.17) is 15.9 Å². The fourth-order valence-corrected chi connectivity index (χ4v) is 0.794. The number of hydrogen-bond donors (Lipinski definition) is 3. The van der Waals surface area contributed by atoms with Gasteiger partial charge in [0.15, 0.2) is 0 Å². The van der Waals surface area contributed by atoms with E-state index in [0.29, 0.717) is 6.42 Å². The zero-order valence-electron chi connectivity index (χ0n) is 6.82. The molecule has 11 heavy (non-hydrogen) atoms. The van der Waals surface area contributed by atoms with E-state index in [1.54, 1.807) is 0 Å². The van der Waals surface area contributed by atoms with Gasteiger partial charge >= 0.3 is 5.97 Å². The number of rotatable bonds is 4. The van der Waals surface area contributed by atoms with Crippen LogP contribution in [0.1, 0.15) is 20.3 Å². The van der Waals surface area contributed by atoms with E-state index in [-0.39, 0.29) is 5.92 Å². The molecule has 0 aliphatic heterocycles. The van der Waals surface area contributed by atoms with Crippen LogP contribution in [-0.4, -0.2) is 28.3 Å². The number of aliphatic hydroxyl groups is 1. The van der Waals surface area contributed by atoms with Crippen LogP contribution in [0.4, 0.5) is 0 Å². The van der Waals surface area contributed by atoms with Crippen molar-refractivity contribution in [3.8, 4) is 0 Å². The highest BCUT2D eigenvalue weighted by molar-refractivity contribution is 5.73. The van der Waals surface area contributed by atoms with Crippen LogP contribution < -0.4 is 5.73 Å². The van der Waals surface area contributed by atoms with Crippen LogP contribution in [0.2, 0.25) is 0 Å². The van der Waals surface area contributed by atoms with Crippen LogP contribution >= 0.6 is 0 Å². The van der Waals surface area contributed by atoms with E-state index in [1.807, 2.05) is 13.8 Å². The molecule has 0 bridgehead atoms. The lowest BCUT2D eigenvalue weighted by Gasteiger charge is -2.16. The number of nitrogens with two attached hydrogens (primary N) is 1. The third kappa shape index (κ3) is 3.95. The Hall–Kier alpha value is -0.610. The van der Waals surface area contributed by atoms with Gasteiger partial charge in [-0.2, -0.15) is 0 Å². The standard InChI is InChI=1S/C7H15NO3/c1-4(2)3-5(9)6(8)7(10)11/h4-6,9H,3,8H2,1-2H3,(H,10,11)/t5?,6-/m1/s1. The van der Waals surface area contributed by atoms with E-state index in [9.17, 15) is 4.79 Å². The quantitative estimate of drug-likeness (QED) is 0.533. The van der Waals surface area contributed by atoms with E-state index in [1.165, 1.54) is 0 Å². The number of aliphatic hydroxyl groups excluding tert-OH is 1. The first kappa shape index (κ1) is 10.4. The van der Waals surface area contributed by atoms with E-state index < -0.39 is 18.1 Å². The van der Waals surface area contributed by atoms with Crippen molar-refractivity contribution in [3.63, 3.8) is 0 Å². The van der Waals surface area contributed by atoms with E-state index >= 15 is 0 Å². The summed E-state index contributed by atoms with van der Waals surface area (Å²) in [6.07, 6.45) is -0.513.